The van der Waals surface area contributed by atoms with Crippen molar-refractivity contribution in [3.63, 3.8) is 0 Å². The van der Waals surface area contributed by atoms with Crippen molar-refractivity contribution >= 4 is 11.7 Å². The van der Waals surface area contributed by atoms with Gasteiger partial charge in [0.25, 0.3) is 0 Å². The van der Waals surface area contributed by atoms with Gasteiger partial charge in [0.2, 0.25) is 0 Å². The maximum absolute atomic E-state index is 10.8. The Morgan fingerprint density at radius 2 is 2.14 bits per heavy atom. The minimum atomic E-state index is -1.11. The highest BCUT2D eigenvalue weighted by molar-refractivity contribution is 5.88. The van der Waals surface area contributed by atoms with Gasteiger partial charge in [0.05, 0.1) is 16.2 Å². The van der Waals surface area contributed by atoms with Gasteiger partial charge < -0.3 is 9.84 Å². The molecule has 21 heavy (non-hydrogen) atoms. The van der Waals surface area contributed by atoms with Crippen molar-refractivity contribution in [1.29, 1.82) is 0 Å². The third-order valence-corrected chi connectivity index (χ3v) is 2.68. The van der Waals surface area contributed by atoms with Crippen LogP contribution in [-0.4, -0.2) is 26.0 Å². The maximum atomic E-state index is 10.8. The van der Waals surface area contributed by atoms with Gasteiger partial charge in [0, 0.05) is 12.3 Å². The molecule has 1 N–H and O–H groups in total. The Bertz CT molecular complexity index is 702. The van der Waals surface area contributed by atoms with Gasteiger partial charge in [0.1, 0.15) is 6.61 Å². The number of ether oxygens (including phenoxy) is 1. The quantitative estimate of drug-likeness (QED) is 0.660. The van der Waals surface area contributed by atoms with Gasteiger partial charge in [-0.2, -0.15) is 0 Å². The number of para-hydroxylation sites is 2. The number of nitro groups is 1. The van der Waals surface area contributed by atoms with Gasteiger partial charge in [0.15, 0.2) is 11.6 Å². The number of carboxylic acid groups (broad SMARTS) is 1. The molecule has 0 spiro atoms. The molecule has 0 aliphatic rings. The zero-order chi connectivity index (χ0) is 15.4. The summed E-state index contributed by atoms with van der Waals surface area (Å²) in [6, 6.07) is 5.95. The fraction of sp³-hybridized carbons (Fsp3) is 0.154. The Labute approximate surface area is 119 Å². The molecule has 2 rings (SSSR count). The first-order chi connectivity index (χ1) is 9.99. The first-order valence-electron chi connectivity index (χ1n) is 5.91. The molecule has 0 unspecified atom stereocenters. The molecule has 0 amide bonds. The minimum absolute atomic E-state index is 0.00411. The van der Waals surface area contributed by atoms with E-state index in [1.165, 1.54) is 24.4 Å². The van der Waals surface area contributed by atoms with E-state index >= 15 is 0 Å². The summed E-state index contributed by atoms with van der Waals surface area (Å²) in [7, 11) is 0. The molecule has 1 aromatic heterocycles. The van der Waals surface area contributed by atoms with Crippen molar-refractivity contribution in [1.82, 2.24) is 9.97 Å². The SMILES string of the molecule is Cc1nc(COc2ccccc2[N+](=O)[O-])ncc1C(=O)O. The number of aryl methyl sites for hydroxylation is 1. The molecule has 108 valence electrons. The molecular formula is C13H11N3O5. The Morgan fingerprint density at radius 1 is 1.43 bits per heavy atom. The molecular weight excluding hydrogens is 278 g/mol. The number of benzene rings is 1. The Hall–Kier alpha value is -3.03. The average molecular weight is 289 g/mol. The van der Waals surface area contributed by atoms with Crippen LogP contribution in [0.15, 0.2) is 30.5 Å². The van der Waals surface area contributed by atoms with Gasteiger partial charge in [-0.05, 0) is 13.0 Å². The molecule has 0 fully saturated rings. The first-order valence-corrected chi connectivity index (χ1v) is 5.91. The van der Waals surface area contributed by atoms with Gasteiger partial charge in [-0.1, -0.05) is 12.1 Å². The summed E-state index contributed by atoms with van der Waals surface area (Å²) < 4.78 is 5.33. The largest absolute Gasteiger partial charge is 0.479 e. The fourth-order valence-electron chi connectivity index (χ4n) is 1.67. The number of rotatable bonds is 5. The van der Waals surface area contributed by atoms with Crippen LogP contribution in [-0.2, 0) is 6.61 Å². The van der Waals surface area contributed by atoms with Crippen molar-refractivity contribution in [2.45, 2.75) is 13.5 Å². The Morgan fingerprint density at radius 3 is 2.76 bits per heavy atom. The lowest BCUT2D eigenvalue weighted by molar-refractivity contribution is -0.385. The van der Waals surface area contributed by atoms with E-state index in [-0.39, 0.29) is 29.4 Å². The van der Waals surface area contributed by atoms with E-state index in [9.17, 15) is 14.9 Å². The highest BCUT2D eigenvalue weighted by Crippen LogP contribution is 2.26. The molecule has 0 bridgehead atoms. The van der Waals surface area contributed by atoms with Crippen molar-refractivity contribution in [3.05, 3.63) is 57.7 Å². The van der Waals surface area contributed by atoms with E-state index in [1.54, 1.807) is 13.0 Å². The molecule has 0 saturated heterocycles. The third-order valence-electron chi connectivity index (χ3n) is 2.68. The molecule has 2 aromatic rings. The number of aromatic carboxylic acids is 1. The molecule has 8 nitrogen and oxygen atoms in total. The second-order valence-electron chi connectivity index (χ2n) is 4.10. The molecule has 0 aliphatic carbocycles. The lowest BCUT2D eigenvalue weighted by Crippen LogP contribution is -2.08. The van der Waals surface area contributed by atoms with Crippen LogP contribution in [0.2, 0.25) is 0 Å². The minimum Gasteiger partial charge on any atom is -0.479 e. The van der Waals surface area contributed by atoms with Crippen LogP contribution in [0, 0.1) is 17.0 Å². The normalized spacial score (nSPS) is 10.1. The van der Waals surface area contributed by atoms with Crippen LogP contribution in [0.1, 0.15) is 21.9 Å². The molecule has 0 aliphatic heterocycles. The Kier molecular flexibility index (Phi) is 4.07. The highest BCUT2D eigenvalue weighted by Gasteiger charge is 2.15. The summed E-state index contributed by atoms with van der Waals surface area (Å²) >= 11 is 0. The van der Waals surface area contributed by atoms with Crippen LogP contribution in [0.3, 0.4) is 0 Å². The van der Waals surface area contributed by atoms with Crippen molar-refractivity contribution in [3.8, 4) is 5.75 Å². The predicted molar refractivity (Wildman–Crippen MR) is 71.2 cm³/mol. The second kappa shape index (κ2) is 5.95. The fourth-order valence-corrected chi connectivity index (χ4v) is 1.67. The number of aromatic nitrogens is 2. The molecule has 1 aromatic carbocycles. The van der Waals surface area contributed by atoms with E-state index in [4.69, 9.17) is 9.84 Å². The zero-order valence-corrected chi connectivity index (χ0v) is 11.0. The number of nitrogens with zero attached hydrogens (tertiary/aromatic N) is 3. The number of hydrogen-bond donors (Lipinski definition) is 1. The Balaban J connectivity index is 2.16. The molecule has 8 heteroatoms. The lowest BCUT2D eigenvalue weighted by atomic mass is 10.2. The summed E-state index contributed by atoms with van der Waals surface area (Å²) in [4.78, 5) is 29.0. The van der Waals surface area contributed by atoms with Crippen LogP contribution in [0.25, 0.3) is 0 Å². The summed E-state index contributed by atoms with van der Waals surface area (Å²) in [6.45, 7) is 1.45. The number of hydrogen-bond acceptors (Lipinski definition) is 6. The molecule has 0 saturated carbocycles. The summed E-state index contributed by atoms with van der Waals surface area (Å²) in [6.07, 6.45) is 1.18. The predicted octanol–water partition coefficient (Wildman–Crippen LogP) is 1.97. The van der Waals surface area contributed by atoms with Crippen molar-refractivity contribution in [2.75, 3.05) is 0 Å². The van der Waals surface area contributed by atoms with Crippen LogP contribution >= 0.6 is 0 Å². The van der Waals surface area contributed by atoms with E-state index in [0.717, 1.165) is 0 Å². The smallest absolute Gasteiger partial charge is 0.339 e. The summed E-state index contributed by atoms with van der Waals surface area (Å²) in [5.41, 5.74) is 0.152. The van der Waals surface area contributed by atoms with E-state index < -0.39 is 10.9 Å². The van der Waals surface area contributed by atoms with Crippen LogP contribution in [0.5, 0.6) is 5.75 Å². The van der Waals surface area contributed by atoms with E-state index in [0.29, 0.717) is 5.69 Å². The van der Waals surface area contributed by atoms with Crippen LogP contribution < -0.4 is 4.74 Å². The van der Waals surface area contributed by atoms with E-state index in [1.807, 2.05) is 0 Å². The lowest BCUT2D eigenvalue weighted by Gasteiger charge is -2.07. The third kappa shape index (κ3) is 3.30. The molecule has 0 atom stereocenters. The monoisotopic (exact) mass is 289 g/mol. The highest BCUT2D eigenvalue weighted by atomic mass is 16.6. The average Bonchev–Trinajstić information content (AvgIpc) is 2.45. The zero-order valence-electron chi connectivity index (χ0n) is 11.0. The van der Waals surface area contributed by atoms with Gasteiger partial charge in [-0.3, -0.25) is 10.1 Å². The van der Waals surface area contributed by atoms with Gasteiger partial charge >= 0.3 is 11.7 Å². The number of nitro benzene ring substituents is 1. The second-order valence-corrected chi connectivity index (χ2v) is 4.10. The van der Waals surface area contributed by atoms with Gasteiger partial charge in [-0.15, -0.1) is 0 Å². The van der Waals surface area contributed by atoms with E-state index in [2.05, 4.69) is 9.97 Å². The topological polar surface area (TPSA) is 115 Å². The molecule has 1 heterocycles. The van der Waals surface area contributed by atoms with Crippen molar-refractivity contribution < 1.29 is 19.6 Å². The first kappa shape index (κ1) is 14.4. The standard InChI is InChI=1S/C13H11N3O5/c1-8-9(13(17)18)6-14-12(15-8)7-21-11-5-3-2-4-10(11)16(19)20/h2-6H,7H2,1H3,(H,17,18). The maximum Gasteiger partial charge on any atom is 0.339 e. The number of carboxylic acids is 1. The van der Waals surface area contributed by atoms with Gasteiger partial charge in [-0.25, -0.2) is 14.8 Å². The summed E-state index contributed by atoms with van der Waals surface area (Å²) in [5.74, 6) is -0.764. The number of carbonyl (C=O) groups is 1. The summed E-state index contributed by atoms with van der Waals surface area (Å²) in [5, 5.41) is 19.7. The molecule has 0 radical (unpaired) electrons. The van der Waals surface area contributed by atoms with Crippen LogP contribution in [0.4, 0.5) is 5.69 Å². The van der Waals surface area contributed by atoms with Crippen molar-refractivity contribution in [2.24, 2.45) is 0 Å².